The highest BCUT2D eigenvalue weighted by Gasteiger charge is 2.16. The third-order valence-corrected chi connectivity index (χ3v) is 7.13. The normalized spacial score (nSPS) is 11.9. The van der Waals surface area contributed by atoms with Gasteiger partial charge in [-0.15, -0.1) is 0 Å². The van der Waals surface area contributed by atoms with Crippen LogP contribution in [-0.4, -0.2) is 56.0 Å². The zero-order chi connectivity index (χ0) is 25.3. The lowest BCUT2D eigenvalue weighted by atomic mass is 10.1. The fourth-order valence-electron chi connectivity index (χ4n) is 2.44. The van der Waals surface area contributed by atoms with Crippen LogP contribution in [0.5, 0.6) is 0 Å². The summed E-state index contributed by atoms with van der Waals surface area (Å²) in [5.74, 6) is 2.70. The number of carbonyl (C=O) groups is 2. The van der Waals surface area contributed by atoms with Crippen LogP contribution in [0.3, 0.4) is 0 Å². The highest BCUT2D eigenvalue weighted by molar-refractivity contribution is 8.76. The van der Waals surface area contributed by atoms with Gasteiger partial charge < -0.3 is 20.1 Å². The molecule has 2 amide bonds. The Kier molecular flexibility index (Phi) is 15.8. The molecule has 1 unspecified atom stereocenters. The van der Waals surface area contributed by atoms with Gasteiger partial charge in [-0.3, -0.25) is 14.9 Å². The van der Waals surface area contributed by atoms with E-state index in [4.69, 9.17) is 9.47 Å². The Morgan fingerprint density at radius 2 is 1.68 bits per heavy atom. The molecule has 1 rings (SSSR count). The van der Waals surface area contributed by atoms with Gasteiger partial charge in [-0.2, -0.15) is 0 Å². The van der Waals surface area contributed by atoms with Crippen LogP contribution in [0.25, 0.3) is 0 Å². The van der Waals surface area contributed by atoms with Crippen molar-refractivity contribution in [2.45, 2.75) is 58.3 Å². The standard InChI is InChI=1S/C25H39N3O4S2/c1-18(2)11-12-27-23(29)17-31-15-16-32-25(34-33-20(5)6)22-9-7-21(8-10-22)24(30)28-14-13-26-19(3)4/h7-10,18-20,25-26H,13-17H2,1-6H3,(H,27,29)(H,28,30). The van der Waals surface area contributed by atoms with Crippen molar-refractivity contribution in [1.82, 2.24) is 16.0 Å². The topological polar surface area (TPSA) is 88.7 Å². The molecule has 1 aromatic rings. The van der Waals surface area contributed by atoms with E-state index in [0.717, 1.165) is 12.1 Å². The van der Waals surface area contributed by atoms with E-state index in [2.05, 4.69) is 55.6 Å². The maximum Gasteiger partial charge on any atom is 0.257 e. The van der Waals surface area contributed by atoms with Crippen LogP contribution in [0.15, 0.2) is 24.3 Å². The van der Waals surface area contributed by atoms with E-state index in [-0.39, 0.29) is 29.8 Å². The van der Waals surface area contributed by atoms with E-state index in [1.54, 1.807) is 21.6 Å². The van der Waals surface area contributed by atoms with Gasteiger partial charge in [0.1, 0.15) is 12.0 Å². The zero-order valence-electron chi connectivity index (χ0n) is 21.1. The number of amides is 2. The van der Waals surface area contributed by atoms with Crippen molar-refractivity contribution in [1.29, 1.82) is 0 Å². The van der Waals surface area contributed by atoms with Crippen molar-refractivity contribution in [2.75, 3.05) is 32.9 Å². The van der Waals surface area contributed by atoms with Crippen LogP contribution in [0.4, 0.5) is 0 Å². The van der Waals surface area contributed by atoms with Gasteiger partial charge in [-0.25, -0.2) is 0 Å². The number of hydrogen-bond acceptors (Lipinski definition) is 7. The Bertz CT molecular complexity index is 790. The smallest absolute Gasteiger partial charge is 0.257 e. The maximum absolute atomic E-state index is 12.3. The molecule has 0 aliphatic rings. The summed E-state index contributed by atoms with van der Waals surface area (Å²) in [5.41, 5.74) is 1.37. The first-order valence-corrected chi connectivity index (χ1v) is 13.9. The van der Waals surface area contributed by atoms with E-state index in [9.17, 15) is 9.59 Å². The molecule has 0 bridgehead atoms. The van der Waals surface area contributed by atoms with Gasteiger partial charge in [0.15, 0.2) is 0 Å². The molecule has 190 valence electrons. The molecule has 0 saturated heterocycles. The van der Waals surface area contributed by atoms with Crippen LogP contribution < -0.4 is 16.0 Å². The molecule has 34 heavy (non-hydrogen) atoms. The van der Waals surface area contributed by atoms with Crippen LogP contribution in [-0.2, 0) is 14.3 Å². The molecule has 7 nitrogen and oxygen atoms in total. The van der Waals surface area contributed by atoms with Gasteiger partial charge in [-0.05, 0) is 17.7 Å². The number of ether oxygens (including phenoxy) is 2. The summed E-state index contributed by atoms with van der Waals surface area (Å²) in [6.45, 7) is 14.2. The summed E-state index contributed by atoms with van der Waals surface area (Å²) in [4.78, 5) is 24.0. The lowest BCUT2D eigenvalue weighted by Gasteiger charge is -2.19. The van der Waals surface area contributed by atoms with Gasteiger partial charge >= 0.3 is 0 Å². The third kappa shape index (κ3) is 14.5. The maximum atomic E-state index is 12.3. The Labute approximate surface area is 212 Å². The minimum Gasteiger partial charge on any atom is -0.369 e. The number of rotatable bonds is 15. The first-order valence-electron chi connectivity index (χ1n) is 11.6. The Hall–Kier alpha value is -1.70. The average molecular weight is 510 g/mol. The van der Waals surface area contributed by atoms with Crippen LogP contribution in [0.2, 0.25) is 0 Å². The highest BCUT2D eigenvalue weighted by Crippen LogP contribution is 2.41. The molecule has 1 aromatic carbocycles. The van der Waals surface area contributed by atoms with Gasteiger partial charge in [-0.1, -0.05) is 81.2 Å². The molecule has 0 saturated carbocycles. The molecular formula is C25H39N3O4S2. The van der Waals surface area contributed by atoms with Gasteiger partial charge in [0.25, 0.3) is 11.8 Å². The Balaban J connectivity index is 2.52. The summed E-state index contributed by atoms with van der Waals surface area (Å²) in [6.07, 6.45) is 0. The quantitative estimate of drug-likeness (QED) is 0.108. The second-order valence-corrected chi connectivity index (χ2v) is 11.4. The molecule has 0 heterocycles. The summed E-state index contributed by atoms with van der Waals surface area (Å²) in [6, 6.07) is 10.5. The van der Waals surface area contributed by atoms with Crippen molar-refractivity contribution >= 4 is 33.4 Å². The molecule has 3 N–H and O–H groups in total. The Morgan fingerprint density at radius 1 is 0.971 bits per heavy atom. The van der Waals surface area contributed by atoms with E-state index in [0.29, 0.717) is 36.6 Å². The minimum absolute atomic E-state index is 0.0643. The fraction of sp³-hybridized carbons (Fsp3) is 0.600. The molecular weight excluding hydrogens is 470 g/mol. The summed E-state index contributed by atoms with van der Waals surface area (Å²) in [5, 5.41) is 9.13. The van der Waals surface area contributed by atoms with Crippen molar-refractivity contribution in [3.05, 3.63) is 35.4 Å². The van der Waals surface area contributed by atoms with Crippen molar-refractivity contribution < 1.29 is 19.1 Å². The molecule has 0 aliphatic carbocycles. The summed E-state index contributed by atoms with van der Waals surface area (Å²) in [7, 11) is 3.35. The molecule has 9 heteroatoms. The predicted molar refractivity (Wildman–Crippen MR) is 143 cm³/mol. The van der Waals surface area contributed by atoms with Crippen molar-refractivity contribution in [3.8, 4) is 12.0 Å². The molecule has 0 fully saturated rings. The van der Waals surface area contributed by atoms with Crippen LogP contribution in [0, 0.1) is 17.9 Å². The fourth-order valence-corrected chi connectivity index (χ4v) is 4.65. The van der Waals surface area contributed by atoms with Crippen LogP contribution in [0.1, 0.15) is 62.9 Å². The number of nitrogens with one attached hydrogen (secondary N) is 3. The number of benzene rings is 1. The van der Waals surface area contributed by atoms with Gasteiger partial charge in [0, 0.05) is 41.9 Å². The summed E-state index contributed by atoms with van der Waals surface area (Å²) >= 11 is 0. The van der Waals surface area contributed by atoms with E-state index < -0.39 is 0 Å². The third-order valence-electron chi connectivity index (χ3n) is 4.04. The lowest BCUT2D eigenvalue weighted by molar-refractivity contribution is -0.125. The first kappa shape index (κ1) is 30.3. The molecule has 0 spiro atoms. The average Bonchev–Trinajstić information content (AvgIpc) is 2.78. The minimum atomic E-state index is -0.275. The highest BCUT2D eigenvalue weighted by atomic mass is 33.1. The number of hydrogen-bond donors (Lipinski definition) is 3. The SMILES string of the molecule is CC(C)C#CNC(=O)COCCOC(SSC(C)C)c1ccc(C(=O)NCCNC(C)C)cc1. The lowest BCUT2D eigenvalue weighted by Crippen LogP contribution is -2.34. The Morgan fingerprint density at radius 3 is 2.29 bits per heavy atom. The molecule has 0 radical (unpaired) electrons. The monoisotopic (exact) mass is 509 g/mol. The summed E-state index contributed by atoms with van der Waals surface area (Å²) < 4.78 is 11.4. The molecule has 1 atom stereocenters. The second kappa shape index (κ2) is 17.7. The van der Waals surface area contributed by atoms with Crippen molar-refractivity contribution in [2.24, 2.45) is 5.92 Å². The molecule has 0 aliphatic heterocycles. The predicted octanol–water partition coefficient (Wildman–Crippen LogP) is 3.97. The van der Waals surface area contributed by atoms with Crippen molar-refractivity contribution in [3.63, 3.8) is 0 Å². The van der Waals surface area contributed by atoms with Crippen LogP contribution >= 0.6 is 21.6 Å². The van der Waals surface area contributed by atoms with Gasteiger partial charge in [0.05, 0.1) is 13.2 Å². The van der Waals surface area contributed by atoms with E-state index in [1.807, 2.05) is 38.1 Å². The van der Waals surface area contributed by atoms with E-state index in [1.165, 1.54) is 0 Å². The second-order valence-electron chi connectivity index (χ2n) is 8.46. The largest absolute Gasteiger partial charge is 0.369 e. The first-order chi connectivity index (χ1) is 16.2. The van der Waals surface area contributed by atoms with Gasteiger partial charge in [0.2, 0.25) is 0 Å². The van der Waals surface area contributed by atoms with E-state index >= 15 is 0 Å². The zero-order valence-corrected chi connectivity index (χ0v) is 22.7. The molecule has 0 aromatic heterocycles. The number of carbonyl (C=O) groups excluding carboxylic acids is 2.